The van der Waals surface area contributed by atoms with Crippen LogP contribution in [-0.4, -0.2) is 42.4 Å². The molecule has 0 unspecified atom stereocenters. The van der Waals surface area contributed by atoms with Crippen molar-refractivity contribution in [2.24, 2.45) is 11.3 Å². The van der Waals surface area contributed by atoms with Crippen LogP contribution in [0.3, 0.4) is 0 Å². The van der Waals surface area contributed by atoms with E-state index >= 15 is 0 Å². The second-order valence-electron chi connectivity index (χ2n) is 8.77. The third kappa shape index (κ3) is 3.51. The van der Waals surface area contributed by atoms with E-state index in [2.05, 4.69) is 11.8 Å². The zero-order valence-electron chi connectivity index (χ0n) is 18.6. The van der Waals surface area contributed by atoms with E-state index in [1.807, 2.05) is 25.1 Å². The zero-order valence-corrected chi connectivity index (χ0v) is 18.6. The van der Waals surface area contributed by atoms with Crippen molar-refractivity contribution in [1.29, 1.82) is 0 Å². The van der Waals surface area contributed by atoms with Crippen molar-refractivity contribution in [2.45, 2.75) is 52.6 Å². The molecule has 2 fully saturated rings. The molecule has 1 saturated carbocycles. The third-order valence-corrected chi connectivity index (χ3v) is 7.34. The molecule has 1 aromatic heterocycles. The summed E-state index contributed by atoms with van der Waals surface area (Å²) in [5.41, 5.74) is 3.49. The number of rotatable bonds is 5. The van der Waals surface area contributed by atoms with Gasteiger partial charge in [-0.25, -0.2) is 9.97 Å². The smallest absolute Gasteiger partial charge is 0.170 e. The molecular weight excluding hydrogens is 378 g/mol. The lowest BCUT2D eigenvalue weighted by Crippen LogP contribution is -2.42. The number of para-hydroxylation sites is 1. The Kier molecular flexibility index (Phi) is 5.87. The van der Waals surface area contributed by atoms with E-state index in [9.17, 15) is 5.11 Å². The summed E-state index contributed by atoms with van der Waals surface area (Å²) in [6.45, 7) is 6.21. The van der Waals surface area contributed by atoms with Crippen LogP contribution in [0.2, 0.25) is 0 Å². The van der Waals surface area contributed by atoms with Gasteiger partial charge in [0, 0.05) is 18.7 Å². The highest BCUT2D eigenvalue weighted by Crippen LogP contribution is 2.50. The highest BCUT2D eigenvalue weighted by atomic mass is 16.5. The molecule has 1 N–H and O–H groups in total. The second-order valence-corrected chi connectivity index (χ2v) is 8.77. The Morgan fingerprint density at radius 3 is 2.50 bits per heavy atom. The number of piperidine rings is 1. The Hall–Kier alpha value is -2.34. The van der Waals surface area contributed by atoms with E-state index in [0.29, 0.717) is 22.6 Å². The van der Waals surface area contributed by atoms with Crippen LogP contribution in [0.4, 0.5) is 5.82 Å². The van der Waals surface area contributed by atoms with E-state index in [-0.39, 0.29) is 6.61 Å². The standard InChI is InChI=1S/C24H33N3O3/c1-16-7-6-10-24(16)11-13-27(14-12-24)23-19(15-28)26-21(17(2)25-23)18-8-5-9-20(29-3)22(18)30-4/h5,8-9,16,28H,6-7,10-15H2,1-4H3/t16-/m1/s1. The first-order chi connectivity index (χ1) is 14.5. The van der Waals surface area contributed by atoms with Crippen LogP contribution < -0.4 is 14.4 Å². The number of aliphatic hydroxyl groups is 1. The number of methoxy groups -OCH3 is 2. The van der Waals surface area contributed by atoms with Gasteiger partial charge < -0.3 is 19.5 Å². The van der Waals surface area contributed by atoms with Gasteiger partial charge in [0.25, 0.3) is 0 Å². The number of aryl methyl sites for hydroxylation is 1. The Morgan fingerprint density at radius 2 is 1.90 bits per heavy atom. The minimum absolute atomic E-state index is 0.139. The molecule has 1 atom stereocenters. The fraction of sp³-hybridized carbons (Fsp3) is 0.583. The second kappa shape index (κ2) is 8.42. The van der Waals surface area contributed by atoms with Crippen molar-refractivity contribution in [3.63, 3.8) is 0 Å². The fourth-order valence-electron chi connectivity index (χ4n) is 5.45. The number of nitrogens with zero attached hydrogens (tertiary/aromatic N) is 3. The average Bonchev–Trinajstić information content (AvgIpc) is 3.13. The van der Waals surface area contributed by atoms with Crippen LogP contribution >= 0.6 is 0 Å². The summed E-state index contributed by atoms with van der Waals surface area (Å²) in [4.78, 5) is 12.1. The van der Waals surface area contributed by atoms with E-state index in [1.54, 1.807) is 14.2 Å². The SMILES string of the molecule is COc1cccc(-c2nc(CO)c(N3CCC4(CCC[C@H]4C)CC3)nc2C)c1OC. The minimum atomic E-state index is -0.139. The van der Waals surface area contributed by atoms with Gasteiger partial charge in [0.1, 0.15) is 5.69 Å². The summed E-state index contributed by atoms with van der Waals surface area (Å²) in [5.74, 6) is 2.91. The van der Waals surface area contributed by atoms with Crippen LogP contribution in [0.5, 0.6) is 11.5 Å². The number of hydrogen-bond acceptors (Lipinski definition) is 6. The normalized spacial score (nSPS) is 20.6. The van der Waals surface area contributed by atoms with Gasteiger partial charge in [-0.3, -0.25) is 0 Å². The molecule has 4 rings (SSSR count). The third-order valence-electron chi connectivity index (χ3n) is 7.34. The number of aromatic nitrogens is 2. The lowest BCUT2D eigenvalue weighted by Gasteiger charge is -2.43. The maximum atomic E-state index is 10.1. The van der Waals surface area contributed by atoms with Gasteiger partial charge in [0.15, 0.2) is 17.3 Å². The van der Waals surface area contributed by atoms with Crippen LogP contribution in [0.15, 0.2) is 18.2 Å². The molecule has 2 heterocycles. The summed E-state index contributed by atoms with van der Waals surface area (Å²) in [6, 6.07) is 5.72. The summed E-state index contributed by atoms with van der Waals surface area (Å²) in [5, 5.41) is 10.1. The molecule has 2 aliphatic rings. The molecule has 1 aliphatic carbocycles. The van der Waals surface area contributed by atoms with E-state index in [0.717, 1.165) is 41.8 Å². The first-order valence-corrected chi connectivity index (χ1v) is 11.0. The molecule has 0 bridgehead atoms. The highest BCUT2D eigenvalue weighted by molar-refractivity contribution is 5.73. The van der Waals surface area contributed by atoms with E-state index in [1.165, 1.54) is 32.1 Å². The highest BCUT2D eigenvalue weighted by Gasteiger charge is 2.42. The molecule has 30 heavy (non-hydrogen) atoms. The largest absolute Gasteiger partial charge is 0.493 e. The average molecular weight is 412 g/mol. The zero-order chi connectivity index (χ0) is 21.3. The molecule has 2 aromatic rings. The number of anilines is 1. The van der Waals surface area contributed by atoms with Crippen molar-refractivity contribution >= 4 is 5.82 Å². The van der Waals surface area contributed by atoms with Gasteiger partial charge in [0.2, 0.25) is 0 Å². The van der Waals surface area contributed by atoms with Crippen molar-refractivity contribution in [3.8, 4) is 22.8 Å². The van der Waals surface area contributed by atoms with Crippen molar-refractivity contribution in [3.05, 3.63) is 29.6 Å². The molecule has 6 nitrogen and oxygen atoms in total. The van der Waals surface area contributed by atoms with Crippen LogP contribution in [-0.2, 0) is 6.61 Å². The molecule has 6 heteroatoms. The Balaban J connectivity index is 1.66. The number of aliphatic hydroxyl groups excluding tert-OH is 1. The molecule has 1 saturated heterocycles. The summed E-state index contributed by atoms with van der Waals surface area (Å²) < 4.78 is 11.0. The Morgan fingerprint density at radius 1 is 1.13 bits per heavy atom. The maximum Gasteiger partial charge on any atom is 0.170 e. The molecule has 162 valence electrons. The Bertz CT molecular complexity index is 907. The summed E-state index contributed by atoms with van der Waals surface area (Å²) in [7, 11) is 3.25. The number of benzene rings is 1. The first-order valence-electron chi connectivity index (χ1n) is 11.0. The van der Waals surface area contributed by atoms with Crippen molar-refractivity contribution in [2.75, 3.05) is 32.2 Å². The topological polar surface area (TPSA) is 67.7 Å². The number of ether oxygens (including phenoxy) is 2. The maximum absolute atomic E-state index is 10.1. The van der Waals surface area contributed by atoms with Gasteiger partial charge in [0.05, 0.1) is 32.2 Å². The predicted molar refractivity (Wildman–Crippen MR) is 118 cm³/mol. The monoisotopic (exact) mass is 411 g/mol. The van der Waals surface area contributed by atoms with Gasteiger partial charge in [-0.15, -0.1) is 0 Å². The molecular formula is C24H33N3O3. The summed E-state index contributed by atoms with van der Waals surface area (Å²) in [6.07, 6.45) is 6.47. The first kappa shape index (κ1) is 20.9. The van der Waals surface area contributed by atoms with Crippen LogP contribution in [0, 0.1) is 18.3 Å². The van der Waals surface area contributed by atoms with Crippen molar-refractivity contribution in [1.82, 2.24) is 9.97 Å². The summed E-state index contributed by atoms with van der Waals surface area (Å²) >= 11 is 0. The molecule has 1 aromatic carbocycles. The fourth-order valence-corrected chi connectivity index (χ4v) is 5.45. The van der Waals surface area contributed by atoms with Crippen LogP contribution in [0.1, 0.15) is 50.4 Å². The van der Waals surface area contributed by atoms with Crippen LogP contribution in [0.25, 0.3) is 11.3 Å². The lowest BCUT2D eigenvalue weighted by atomic mass is 9.71. The predicted octanol–water partition coefficient (Wildman–Crippen LogP) is 4.37. The molecule has 0 radical (unpaired) electrons. The van der Waals surface area contributed by atoms with Gasteiger partial charge in [-0.2, -0.15) is 0 Å². The van der Waals surface area contributed by atoms with Gasteiger partial charge >= 0.3 is 0 Å². The lowest BCUT2D eigenvalue weighted by molar-refractivity contribution is 0.161. The van der Waals surface area contributed by atoms with Crippen molar-refractivity contribution < 1.29 is 14.6 Å². The molecule has 0 amide bonds. The minimum Gasteiger partial charge on any atom is -0.493 e. The van der Waals surface area contributed by atoms with Gasteiger partial charge in [-0.1, -0.05) is 25.8 Å². The number of hydrogen-bond donors (Lipinski definition) is 1. The van der Waals surface area contributed by atoms with E-state index in [4.69, 9.17) is 19.4 Å². The molecule has 1 aliphatic heterocycles. The Labute approximate surface area is 179 Å². The quantitative estimate of drug-likeness (QED) is 0.788. The van der Waals surface area contributed by atoms with E-state index < -0.39 is 0 Å². The van der Waals surface area contributed by atoms with Gasteiger partial charge in [-0.05, 0) is 49.7 Å². The molecule has 1 spiro atoms.